The van der Waals surface area contributed by atoms with E-state index in [9.17, 15) is 19.3 Å². The van der Waals surface area contributed by atoms with Crippen LogP contribution < -0.4 is 10.6 Å². The largest absolute Gasteiger partial charge is 0.369 e. The Bertz CT molecular complexity index is 544. The fourth-order valence-electron chi connectivity index (χ4n) is 2.37. The number of halogens is 2. The highest BCUT2D eigenvalue weighted by Crippen LogP contribution is 2.35. The minimum Gasteiger partial charge on any atom is -0.369 e. The van der Waals surface area contributed by atoms with E-state index in [4.69, 9.17) is 5.73 Å². The van der Waals surface area contributed by atoms with Crippen LogP contribution in [0.2, 0.25) is 0 Å². The van der Waals surface area contributed by atoms with Crippen LogP contribution in [0.4, 0.5) is 15.8 Å². The first-order chi connectivity index (χ1) is 9.40. The van der Waals surface area contributed by atoms with Crippen molar-refractivity contribution in [2.24, 2.45) is 11.7 Å². The number of benzene rings is 1. The van der Waals surface area contributed by atoms with Crippen molar-refractivity contribution in [3.63, 3.8) is 0 Å². The third-order valence-electron chi connectivity index (χ3n) is 3.35. The predicted molar refractivity (Wildman–Crippen MR) is 74.9 cm³/mol. The summed E-state index contributed by atoms with van der Waals surface area (Å²) in [5.41, 5.74) is 5.21. The number of hydrogen-bond acceptors (Lipinski definition) is 4. The van der Waals surface area contributed by atoms with Gasteiger partial charge in [0.05, 0.1) is 27.1 Å². The molecule has 2 rings (SSSR count). The Morgan fingerprint density at radius 2 is 2.25 bits per heavy atom. The number of nitrogens with two attached hydrogens (primary N) is 1. The van der Waals surface area contributed by atoms with Gasteiger partial charge in [-0.3, -0.25) is 14.9 Å². The van der Waals surface area contributed by atoms with Gasteiger partial charge in [0.25, 0.3) is 5.69 Å². The van der Waals surface area contributed by atoms with Crippen molar-refractivity contribution < 1.29 is 14.1 Å². The summed E-state index contributed by atoms with van der Waals surface area (Å²) >= 11 is 3.16. The zero-order valence-electron chi connectivity index (χ0n) is 10.5. The average molecular weight is 346 g/mol. The lowest BCUT2D eigenvalue weighted by Crippen LogP contribution is -2.41. The topological polar surface area (TPSA) is 89.5 Å². The lowest BCUT2D eigenvalue weighted by Gasteiger charge is -2.33. The standard InChI is InChI=1S/C12H13BrFN3O3/c13-9-4-8(17(19)20)5-10(14)11(9)16-3-1-2-7(6-16)12(15)18/h4-5,7H,1-3,6H2,(H2,15,18). The van der Waals surface area contributed by atoms with Crippen molar-refractivity contribution in [1.29, 1.82) is 0 Å². The molecule has 20 heavy (non-hydrogen) atoms. The van der Waals surface area contributed by atoms with Gasteiger partial charge in [-0.15, -0.1) is 0 Å². The maximum atomic E-state index is 14.1. The Kier molecular flexibility index (Phi) is 4.22. The van der Waals surface area contributed by atoms with Crippen LogP contribution in [0, 0.1) is 21.8 Å². The van der Waals surface area contributed by atoms with Gasteiger partial charge in [-0.05, 0) is 28.8 Å². The molecule has 108 valence electrons. The molecule has 0 bridgehead atoms. The summed E-state index contributed by atoms with van der Waals surface area (Å²) < 4.78 is 14.4. The summed E-state index contributed by atoms with van der Waals surface area (Å²) in [5.74, 6) is -1.42. The van der Waals surface area contributed by atoms with E-state index in [1.54, 1.807) is 4.90 Å². The number of carbonyl (C=O) groups is 1. The van der Waals surface area contributed by atoms with Crippen LogP contribution in [0.25, 0.3) is 0 Å². The molecule has 1 atom stereocenters. The van der Waals surface area contributed by atoms with Gasteiger partial charge >= 0.3 is 0 Å². The zero-order chi connectivity index (χ0) is 14.9. The molecule has 1 aromatic carbocycles. The molecule has 1 aliphatic heterocycles. The molecule has 6 nitrogen and oxygen atoms in total. The fraction of sp³-hybridized carbons (Fsp3) is 0.417. The first kappa shape index (κ1) is 14.7. The van der Waals surface area contributed by atoms with Crippen LogP contribution in [-0.2, 0) is 4.79 Å². The van der Waals surface area contributed by atoms with Crippen LogP contribution in [0.15, 0.2) is 16.6 Å². The van der Waals surface area contributed by atoms with Gasteiger partial charge in [-0.1, -0.05) is 0 Å². The van der Waals surface area contributed by atoms with Crippen molar-refractivity contribution in [3.8, 4) is 0 Å². The second kappa shape index (κ2) is 5.74. The molecule has 0 aromatic heterocycles. The third-order valence-corrected chi connectivity index (χ3v) is 3.96. The normalized spacial score (nSPS) is 18.9. The summed E-state index contributed by atoms with van der Waals surface area (Å²) in [5, 5.41) is 10.7. The van der Waals surface area contributed by atoms with Gasteiger partial charge < -0.3 is 10.6 Å². The number of anilines is 1. The molecule has 0 spiro atoms. The first-order valence-corrected chi connectivity index (χ1v) is 6.87. The molecular formula is C12H13BrFN3O3. The maximum Gasteiger partial charge on any atom is 0.273 e. The summed E-state index contributed by atoms with van der Waals surface area (Å²) in [6, 6.07) is 2.14. The van der Waals surface area contributed by atoms with Crippen molar-refractivity contribution in [3.05, 3.63) is 32.5 Å². The minimum atomic E-state index is -0.684. The van der Waals surface area contributed by atoms with Gasteiger partial charge in [0.1, 0.15) is 0 Å². The smallest absolute Gasteiger partial charge is 0.273 e. The third kappa shape index (κ3) is 2.90. The fourth-order valence-corrected chi connectivity index (χ4v) is 3.05. The molecule has 1 fully saturated rings. The van der Waals surface area contributed by atoms with Crippen LogP contribution in [0.5, 0.6) is 0 Å². The highest BCUT2D eigenvalue weighted by molar-refractivity contribution is 9.10. The summed E-state index contributed by atoms with van der Waals surface area (Å²) in [6.07, 6.45) is 1.40. The summed E-state index contributed by atoms with van der Waals surface area (Å²) in [4.78, 5) is 23.0. The quantitative estimate of drug-likeness (QED) is 0.671. The predicted octanol–water partition coefficient (Wildman–Crippen LogP) is 2.20. The number of rotatable bonds is 3. The molecule has 1 heterocycles. The Hall–Kier alpha value is -1.70. The molecule has 8 heteroatoms. The van der Waals surface area contributed by atoms with Crippen LogP contribution in [-0.4, -0.2) is 23.9 Å². The van der Waals surface area contributed by atoms with E-state index in [0.29, 0.717) is 24.0 Å². The van der Waals surface area contributed by atoms with E-state index in [1.807, 2.05) is 0 Å². The molecule has 0 aliphatic carbocycles. The minimum absolute atomic E-state index is 0.238. The van der Waals surface area contributed by atoms with Crippen LogP contribution in [0.3, 0.4) is 0 Å². The van der Waals surface area contributed by atoms with Gasteiger partial charge in [0.15, 0.2) is 5.82 Å². The summed E-state index contributed by atoms with van der Waals surface area (Å²) in [7, 11) is 0. The molecule has 1 saturated heterocycles. The van der Waals surface area contributed by atoms with Crippen molar-refractivity contribution >= 4 is 33.2 Å². The second-order valence-electron chi connectivity index (χ2n) is 4.70. The van der Waals surface area contributed by atoms with E-state index >= 15 is 0 Å². The Morgan fingerprint density at radius 1 is 1.55 bits per heavy atom. The molecule has 2 N–H and O–H groups in total. The molecule has 0 saturated carbocycles. The van der Waals surface area contributed by atoms with Crippen molar-refractivity contribution in [2.75, 3.05) is 18.0 Å². The number of nitro benzene ring substituents is 1. The van der Waals surface area contributed by atoms with E-state index in [2.05, 4.69) is 15.9 Å². The number of carbonyl (C=O) groups excluding carboxylic acids is 1. The molecule has 1 aliphatic rings. The molecule has 1 aromatic rings. The Morgan fingerprint density at radius 3 is 2.80 bits per heavy atom. The van der Waals surface area contributed by atoms with E-state index in [1.165, 1.54) is 6.07 Å². The monoisotopic (exact) mass is 345 g/mol. The molecule has 1 unspecified atom stereocenters. The van der Waals surface area contributed by atoms with E-state index in [-0.39, 0.29) is 17.3 Å². The SMILES string of the molecule is NC(=O)C1CCCN(c2c(F)cc([N+](=O)[O-])cc2Br)C1. The Balaban J connectivity index is 2.33. The van der Waals surface area contributed by atoms with Gasteiger partial charge in [-0.25, -0.2) is 4.39 Å². The highest BCUT2D eigenvalue weighted by Gasteiger charge is 2.28. The lowest BCUT2D eigenvalue weighted by molar-refractivity contribution is -0.385. The number of nitro groups is 1. The number of primary amides is 1. The van der Waals surface area contributed by atoms with Crippen LogP contribution >= 0.6 is 15.9 Å². The molecule has 0 radical (unpaired) electrons. The highest BCUT2D eigenvalue weighted by atomic mass is 79.9. The summed E-state index contributed by atoms with van der Waals surface area (Å²) in [6.45, 7) is 0.903. The second-order valence-corrected chi connectivity index (χ2v) is 5.56. The van der Waals surface area contributed by atoms with Gasteiger partial charge in [-0.2, -0.15) is 0 Å². The average Bonchev–Trinajstić information content (AvgIpc) is 2.38. The van der Waals surface area contributed by atoms with Gasteiger partial charge in [0.2, 0.25) is 5.91 Å². The van der Waals surface area contributed by atoms with Crippen molar-refractivity contribution in [2.45, 2.75) is 12.8 Å². The maximum absolute atomic E-state index is 14.1. The molecule has 1 amide bonds. The van der Waals surface area contributed by atoms with Gasteiger partial charge in [0, 0.05) is 19.2 Å². The van der Waals surface area contributed by atoms with Crippen molar-refractivity contribution in [1.82, 2.24) is 0 Å². The van der Waals surface area contributed by atoms with E-state index in [0.717, 1.165) is 12.5 Å². The number of nitrogens with zero attached hydrogens (tertiary/aromatic N) is 2. The van der Waals surface area contributed by atoms with E-state index < -0.39 is 16.6 Å². The Labute approximate surface area is 123 Å². The first-order valence-electron chi connectivity index (χ1n) is 6.08. The number of piperidine rings is 1. The zero-order valence-corrected chi connectivity index (χ0v) is 12.1. The number of amides is 1. The lowest BCUT2D eigenvalue weighted by atomic mass is 9.97. The van der Waals surface area contributed by atoms with Crippen LogP contribution in [0.1, 0.15) is 12.8 Å². The molecular weight excluding hydrogens is 333 g/mol. The number of non-ortho nitro benzene ring substituents is 1. The number of hydrogen-bond donors (Lipinski definition) is 1.